The second-order valence-electron chi connectivity index (χ2n) is 7.04. The number of rotatable bonds is 5. The molecule has 6 heteroatoms. The van der Waals surface area contributed by atoms with Gasteiger partial charge in [-0.15, -0.1) is 10.2 Å². The molecule has 1 unspecified atom stereocenters. The highest BCUT2D eigenvalue weighted by molar-refractivity contribution is 8.00. The van der Waals surface area contributed by atoms with E-state index in [0.717, 1.165) is 40.9 Å². The fourth-order valence-electron chi connectivity index (χ4n) is 3.78. The molecule has 0 saturated heterocycles. The molecule has 0 aliphatic heterocycles. The largest absolute Gasteiger partial charge is 0.416 e. The van der Waals surface area contributed by atoms with E-state index in [1.807, 2.05) is 38.1 Å². The van der Waals surface area contributed by atoms with Gasteiger partial charge in [-0.25, -0.2) is 0 Å². The van der Waals surface area contributed by atoms with Crippen molar-refractivity contribution in [3.63, 3.8) is 0 Å². The molecular formula is C20H23N3O2S. The predicted molar refractivity (Wildman–Crippen MR) is 103 cm³/mol. The Morgan fingerprint density at radius 3 is 2.81 bits per heavy atom. The summed E-state index contributed by atoms with van der Waals surface area (Å²) in [6, 6.07) is 7.90. The van der Waals surface area contributed by atoms with Crippen LogP contribution in [0.3, 0.4) is 0 Å². The lowest BCUT2D eigenvalue weighted by atomic mass is 9.89. The van der Waals surface area contributed by atoms with Crippen LogP contribution in [0.1, 0.15) is 66.9 Å². The smallest absolute Gasteiger partial charge is 0.277 e. The third-order valence-electron chi connectivity index (χ3n) is 5.16. The lowest BCUT2D eigenvalue weighted by Crippen LogP contribution is -2.14. The van der Waals surface area contributed by atoms with Crippen LogP contribution in [-0.2, 0) is 0 Å². The van der Waals surface area contributed by atoms with Crippen LogP contribution in [0.25, 0.3) is 10.9 Å². The third-order valence-corrected chi connectivity index (χ3v) is 6.10. The van der Waals surface area contributed by atoms with Crippen LogP contribution in [0.5, 0.6) is 0 Å². The zero-order valence-corrected chi connectivity index (χ0v) is 15.9. The Hall–Kier alpha value is -2.08. The SMILES string of the molecule is Cc1[nH]c2ccccc2c1C(=O)C(C)Sc1nnc(C2CCCCC2)o1. The standard InChI is InChI=1S/C20H23N3O2S/c1-12-17(15-10-6-7-11-16(15)21-12)18(24)13(2)26-20-23-22-19(25-20)14-8-4-3-5-9-14/h6-7,10-11,13-14,21H,3-5,8-9H2,1-2H3. The van der Waals surface area contributed by atoms with Crippen LogP contribution in [0.4, 0.5) is 0 Å². The van der Waals surface area contributed by atoms with Gasteiger partial charge in [0.1, 0.15) is 0 Å². The van der Waals surface area contributed by atoms with E-state index in [2.05, 4.69) is 15.2 Å². The number of thioether (sulfide) groups is 1. The minimum absolute atomic E-state index is 0.0855. The summed E-state index contributed by atoms with van der Waals surface area (Å²) in [5, 5.41) is 9.57. The number of hydrogen-bond donors (Lipinski definition) is 1. The van der Waals surface area contributed by atoms with Crippen molar-refractivity contribution in [2.75, 3.05) is 0 Å². The number of hydrogen-bond acceptors (Lipinski definition) is 5. The van der Waals surface area contributed by atoms with Crippen LogP contribution in [-0.4, -0.2) is 26.2 Å². The highest BCUT2D eigenvalue weighted by atomic mass is 32.2. The van der Waals surface area contributed by atoms with Gasteiger partial charge in [-0.05, 0) is 32.8 Å². The van der Waals surface area contributed by atoms with Crippen molar-refractivity contribution < 1.29 is 9.21 Å². The number of aromatic amines is 1. The van der Waals surface area contributed by atoms with Gasteiger partial charge in [0.2, 0.25) is 5.89 Å². The summed E-state index contributed by atoms with van der Waals surface area (Å²) in [6.07, 6.45) is 5.99. The number of fused-ring (bicyclic) bond motifs is 1. The van der Waals surface area contributed by atoms with Gasteiger partial charge in [0.15, 0.2) is 5.78 Å². The summed E-state index contributed by atoms with van der Waals surface area (Å²) >= 11 is 1.35. The molecule has 0 bridgehead atoms. The lowest BCUT2D eigenvalue weighted by Gasteiger charge is -2.17. The lowest BCUT2D eigenvalue weighted by molar-refractivity contribution is 0.0994. The van der Waals surface area contributed by atoms with Gasteiger partial charge < -0.3 is 9.40 Å². The van der Waals surface area contributed by atoms with E-state index < -0.39 is 0 Å². The second kappa shape index (κ2) is 7.27. The van der Waals surface area contributed by atoms with Crippen molar-refractivity contribution in [3.05, 3.63) is 41.4 Å². The molecule has 1 aliphatic carbocycles. The molecule has 0 amide bonds. The molecule has 2 heterocycles. The Morgan fingerprint density at radius 2 is 2.00 bits per heavy atom. The molecule has 0 spiro atoms. The van der Waals surface area contributed by atoms with E-state index in [4.69, 9.17) is 4.42 Å². The summed E-state index contributed by atoms with van der Waals surface area (Å²) in [5.41, 5.74) is 2.65. The molecule has 1 atom stereocenters. The van der Waals surface area contributed by atoms with Gasteiger partial charge in [-0.3, -0.25) is 4.79 Å². The molecule has 0 radical (unpaired) electrons. The second-order valence-corrected chi connectivity index (χ2v) is 8.33. The number of Topliss-reactive ketones (excluding diaryl/α,β-unsaturated/α-hetero) is 1. The first kappa shape index (κ1) is 17.3. The topological polar surface area (TPSA) is 71.8 Å². The van der Waals surface area contributed by atoms with Gasteiger partial charge in [-0.2, -0.15) is 0 Å². The quantitative estimate of drug-likeness (QED) is 0.490. The Bertz CT molecular complexity index is 924. The predicted octanol–water partition coefficient (Wildman–Crippen LogP) is 5.27. The average molecular weight is 369 g/mol. The number of ketones is 1. The van der Waals surface area contributed by atoms with Crippen LogP contribution in [0.2, 0.25) is 0 Å². The van der Waals surface area contributed by atoms with Crippen LogP contribution >= 0.6 is 11.8 Å². The molecule has 1 aliphatic rings. The van der Waals surface area contributed by atoms with E-state index in [0.29, 0.717) is 11.1 Å². The molecule has 3 aromatic rings. The molecule has 1 N–H and O–H groups in total. The Balaban J connectivity index is 1.51. The van der Waals surface area contributed by atoms with Crippen molar-refractivity contribution in [1.82, 2.24) is 15.2 Å². The zero-order valence-electron chi connectivity index (χ0n) is 15.1. The Labute approximate surface area is 157 Å². The van der Waals surface area contributed by atoms with Crippen LogP contribution < -0.4 is 0 Å². The highest BCUT2D eigenvalue weighted by Gasteiger charge is 2.26. The summed E-state index contributed by atoms with van der Waals surface area (Å²) in [6.45, 7) is 3.84. The minimum atomic E-state index is -0.285. The first-order valence-electron chi connectivity index (χ1n) is 9.25. The number of carbonyl (C=O) groups excluding carboxylic acids is 1. The van der Waals surface area contributed by atoms with Gasteiger partial charge >= 0.3 is 0 Å². The maximum absolute atomic E-state index is 13.0. The van der Waals surface area contributed by atoms with Crippen molar-refractivity contribution >= 4 is 28.4 Å². The van der Waals surface area contributed by atoms with Crippen LogP contribution in [0, 0.1) is 6.92 Å². The molecular weight excluding hydrogens is 346 g/mol. The molecule has 2 aromatic heterocycles. The fourth-order valence-corrected chi connectivity index (χ4v) is 4.53. The fraction of sp³-hybridized carbons (Fsp3) is 0.450. The Morgan fingerprint density at radius 1 is 1.23 bits per heavy atom. The summed E-state index contributed by atoms with van der Waals surface area (Å²) in [5.74, 6) is 1.20. The third kappa shape index (κ3) is 3.30. The maximum Gasteiger partial charge on any atom is 0.277 e. The van der Waals surface area contributed by atoms with E-state index in [-0.39, 0.29) is 11.0 Å². The zero-order chi connectivity index (χ0) is 18.1. The number of benzene rings is 1. The van der Waals surface area contributed by atoms with Crippen LogP contribution in [0.15, 0.2) is 33.9 Å². The van der Waals surface area contributed by atoms with Gasteiger partial charge in [-0.1, -0.05) is 49.2 Å². The number of nitrogens with zero attached hydrogens (tertiary/aromatic N) is 2. The maximum atomic E-state index is 13.0. The number of carbonyl (C=O) groups is 1. The number of H-pyrrole nitrogens is 1. The summed E-state index contributed by atoms with van der Waals surface area (Å²) in [7, 11) is 0. The first-order chi connectivity index (χ1) is 12.6. The molecule has 1 fully saturated rings. The molecule has 1 saturated carbocycles. The first-order valence-corrected chi connectivity index (χ1v) is 10.1. The van der Waals surface area contributed by atoms with Gasteiger partial charge in [0, 0.05) is 28.1 Å². The highest BCUT2D eigenvalue weighted by Crippen LogP contribution is 2.34. The monoisotopic (exact) mass is 369 g/mol. The minimum Gasteiger partial charge on any atom is -0.416 e. The van der Waals surface area contributed by atoms with E-state index in [1.165, 1.54) is 31.0 Å². The number of nitrogens with one attached hydrogen (secondary N) is 1. The van der Waals surface area contributed by atoms with E-state index in [1.54, 1.807) is 0 Å². The van der Waals surface area contributed by atoms with Crippen molar-refractivity contribution in [2.45, 2.75) is 62.3 Å². The van der Waals surface area contributed by atoms with E-state index >= 15 is 0 Å². The molecule has 5 nitrogen and oxygen atoms in total. The normalized spacial score (nSPS) is 16.8. The number of para-hydroxylation sites is 1. The molecule has 1 aromatic carbocycles. The van der Waals surface area contributed by atoms with Crippen molar-refractivity contribution in [1.29, 1.82) is 0 Å². The van der Waals surface area contributed by atoms with Crippen molar-refractivity contribution in [3.8, 4) is 0 Å². The van der Waals surface area contributed by atoms with Gasteiger partial charge in [0.05, 0.1) is 5.25 Å². The Kier molecular flexibility index (Phi) is 4.85. The number of aromatic nitrogens is 3. The summed E-state index contributed by atoms with van der Waals surface area (Å²) in [4.78, 5) is 16.3. The average Bonchev–Trinajstić information content (AvgIpc) is 3.25. The van der Waals surface area contributed by atoms with E-state index in [9.17, 15) is 4.79 Å². The molecule has 26 heavy (non-hydrogen) atoms. The summed E-state index contributed by atoms with van der Waals surface area (Å²) < 4.78 is 5.86. The van der Waals surface area contributed by atoms with Gasteiger partial charge in [0.25, 0.3) is 5.22 Å². The molecule has 136 valence electrons. The molecule has 4 rings (SSSR count). The number of aryl methyl sites for hydroxylation is 1. The van der Waals surface area contributed by atoms with Crippen molar-refractivity contribution in [2.24, 2.45) is 0 Å².